The Balaban J connectivity index is 2.05. The Bertz CT molecular complexity index is 740. The Labute approximate surface area is 140 Å². The zero-order valence-corrected chi connectivity index (χ0v) is 13.8. The molecule has 4 heteroatoms. The Morgan fingerprint density at radius 1 is 1.09 bits per heavy atom. The smallest absolute Gasteiger partial charge is 0.268 e. The summed E-state index contributed by atoms with van der Waals surface area (Å²) >= 11 is 1.34. The molecule has 0 atom stereocenters. The number of benzene rings is 2. The van der Waals surface area contributed by atoms with Gasteiger partial charge in [-0.3, -0.25) is 4.79 Å². The normalized spacial score (nSPS) is 16.2. The summed E-state index contributed by atoms with van der Waals surface area (Å²) in [5, 5.41) is 10.6. The molecule has 1 heterocycles. The van der Waals surface area contributed by atoms with Crippen molar-refractivity contribution in [3.8, 4) is 0 Å². The quantitative estimate of drug-likeness (QED) is 0.645. The number of hydrogen-bond donors (Lipinski definition) is 1. The second-order valence-corrected chi connectivity index (χ2v) is 6.48. The lowest BCUT2D eigenvalue weighted by Gasteiger charge is -2.30. The van der Waals surface area contributed by atoms with Gasteiger partial charge in [0.2, 0.25) is 0 Å². The molecule has 23 heavy (non-hydrogen) atoms. The van der Waals surface area contributed by atoms with E-state index in [1.807, 2.05) is 54.6 Å². The number of fused-ring (bicyclic) bond motifs is 1. The minimum atomic E-state index is -0.122. The Morgan fingerprint density at radius 3 is 2.52 bits per heavy atom. The molecule has 0 fully saturated rings. The van der Waals surface area contributed by atoms with Gasteiger partial charge in [0.15, 0.2) is 0 Å². The number of aliphatic hydroxyl groups excluding tert-OH is 1. The van der Waals surface area contributed by atoms with Crippen LogP contribution in [0.25, 0.3) is 5.76 Å². The van der Waals surface area contributed by atoms with E-state index < -0.39 is 0 Å². The molecule has 0 unspecified atom stereocenters. The van der Waals surface area contributed by atoms with E-state index in [1.54, 1.807) is 4.90 Å². The van der Waals surface area contributed by atoms with Crippen molar-refractivity contribution in [2.45, 2.75) is 24.7 Å². The number of nitrogens with zero attached hydrogens (tertiary/aromatic N) is 1. The van der Waals surface area contributed by atoms with Gasteiger partial charge in [0.1, 0.15) is 10.7 Å². The molecular formula is C19H19NO2S. The third-order valence-corrected chi connectivity index (χ3v) is 4.94. The molecule has 0 bridgehead atoms. The van der Waals surface area contributed by atoms with Crippen LogP contribution in [0, 0.1) is 0 Å². The lowest BCUT2D eigenvalue weighted by Crippen LogP contribution is -2.35. The predicted octanol–water partition coefficient (Wildman–Crippen LogP) is 4.85. The fourth-order valence-corrected chi connectivity index (χ4v) is 3.63. The SMILES string of the molecule is CCCCN1C(=O)/C(=C(\O)c2ccccc2)Sc2ccccc21. The van der Waals surface area contributed by atoms with Crippen molar-refractivity contribution >= 4 is 29.1 Å². The summed E-state index contributed by atoms with van der Waals surface area (Å²) in [7, 11) is 0. The number of carbonyl (C=O) groups excluding carboxylic acids is 1. The zero-order chi connectivity index (χ0) is 16.2. The average Bonchev–Trinajstić information content (AvgIpc) is 2.61. The summed E-state index contributed by atoms with van der Waals surface area (Å²) in [5.41, 5.74) is 1.60. The Hall–Kier alpha value is -2.20. The van der Waals surface area contributed by atoms with E-state index >= 15 is 0 Å². The molecule has 0 radical (unpaired) electrons. The van der Waals surface area contributed by atoms with Crippen LogP contribution in [0.15, 0.2) is 64.4 Å². The van der Waals surface area contributed by atoms with E-state index in [0.717, 1.165) is 23.4 Å². The molecule has 2 aromatic rings. The number of rotatable bonds is 4. The molecule has 0 aliphatic carbocycles. The van der Waals surface area contributed by atoms with Gasteiger partial charge in [-0.05, 0) is 18.6 Å². The first-order chi connectivity index (χ1) is 11.2. The maximum absolute atomic E-state index is 12.9. The maximum Gasteiger partial charge on any atom is 0.268 e. The Kier molecular flexibility index (Phi) is 4.72. The van der Waals surface area contributed by atoms with Crippen LogP contribution < -0.4 is 4.90 Å². The van der Waals surface area contributed by atoms with Crippen LogP contribution in [0.5, 0.6) is 0 Å². The number of thioether (sulfide) groups is 1. The summed E-state index contributed by atoms with van der Waals surface area (Å²) in [6, 6.07) is 17.1. The monoisotopic (exact) mass is 325 g/mol. The molecule has 3 nitrogen and oxygen atoms in total. The predicted molar refractivity (Wildman–Crippen MR) is 95.6 cm³/mol. The second kappa shape index (κ2) is 6.92. The lowest BCUT2D eigenvalue weighted by atomic mass is 10.1. The summed E-state index contributed by atoms with van der Waals surface area (Å²) in [5.74, 6) is -0.0693. The number of anilines is 1. The third-order valence-electron chi connectivity index (χ3n) is 3.81. The van der Waals surface area contributed by atoms with Crippen molar-refractivity contribution in [2.24, 2.45) is 0 Å². The van der Waals surface area contributed by atoms with Gasteiger partial charge in [0.05, 0.1) is 5.69 Å². The van der Waals surface area contributed by atoms with Gasteiger partial charge < -0.3 is 10.0 Å². The topological polar surface area (TPSA) is 40.5 Å². The van der Waals surface area contributed by atoms with Gasteiger partial charge in [-0.25, -0.2) is 0 Å². The first kappa shape index (κ1) is 15.7. The van der Waals surface area contributed by atoms with E-state index in [1.165, 1.54) is 11.8 Å². The number of aliphatic hydroxyl groups is 1. The second-order valence-electron chi connectivity index (χ2n) is 5.42. The van der Waals surface area contributed by atoms with E-state index in [2.05, 4.69) is 6.92 Å². The van der Waals surface area contributed by atoms with Crippen molar-refractivity contribution in [3.63, 3.8) is 0 Å². The molecule has 0 saturated heterocycles. The average molecular weight is 325 g/mol. The summed E-state index contributed by atoms with van der Waals surface area (Å²) in [6.45, 7) is 2.77. The zero-order valence-electron chi connectivity index (χ0n) is 13.0. The van der Waals surface area contributed by atoms with Crippen LogP contribution in [-0.2, 0) is 4.79 Å². The highest BCUT2D eigenvalue weighted by Crippen LogP contribution is 2.43. The highest BCUT2D eigenvalue weighted by Gasteiger charge is 2.31. The van der Waals surface area contributed by atoms with Crippen molar-refractivity contribution in [1.82, 2.24) is 0 Å². The summed E-state index contributed by atoms with van der Waals surface area (Å²) in [6.07, 6.45) is 1.95. The minimum absolute atomic E-state index is 0.0524. The molecule has 0 spiro atoms. The van der Waals surface area contributed by atoms with Gasteiger partial charge in [-0.15, -0.1) is 0 Å². The number of unbranched alkanes of at least 4 members (excludes halogenated alkanes) is 1. The summed E-state index contributed by atoms with van der Waals surface area (Å²) in [4.78, 5) is 16.1. The van der Waals surface area contributed by atoms with Gasteiger partial charge in [-0.2, -0.15) is 0 Å². The Morgan fingerprint density at radius 2 is 1.78 bits per heavy atom. The minimum Gasteiger partial charge on any atom is -0.506 e. The lowest BCUT2D eigenvalue weighted by molar-refractivity contribution is -0.114. The van der Waals surface area contributed by atoms with Gasteiger partial charge in [0, 0.05) is 17.0 Å². The number of carbonyl (C=O) groups is 1. The standard InChI is InChI=1S/C19H19NO2S/c1-2-3-13-20-15-11-7-8-12-16(15)23-18(19(20)22)17(21)14-9-5-4-6-10-14/h4-12,21H,2-3,13H2,1H3/b18-17+. The van der Waals surface area contributed by atoms with Crippen molar-refractivity contribution in [1.29, 1.82) is 0 Å². The fourth-order valence-electron chi connectivity index (χ4n) is 2.57. The van der Waals surface area contributed by atoms with Crippen LogP contribution in [0.4, 0.5) is 5.69 Å². The third kappa shape index (κ3) is 3.13. The van der Waals surface area contributed by atoms with Gasteiger partial charge in [0.25, 0.3) is 5.91 Å². The first-order valence-corrected chi connectivity index (χ1v) is 8.61. The van der Waals surface area contributed by atoms with Crippen LogP contribution in [0.1, 0.15) is 25.3 Å². The molecule has 3 rings (SSSR count). The van der Waals surface area contributed by atoms with E-state index in [0.29, 0.717) is 17.0 Å². The molecule has 0 aromatic heterocycles. The van der Waals surface area contributed by atoms with Crippen LogP contribution in [0.2, 0.25) is 0 Å². The van der Waals surface area contributed by atoms with Crippen LogP contribution in [0.3, 0.4) is 0 Å². The van der Waals surface area contributed by atoms with E-state index in [-0.39, 0.29) is 11.7 Å². The number of hydrogen-bond acceptors (Lipinski definition) is 3. The molecule has 1 aliphatic rings. The fraction of sp³-hybridized carbons (Fsp3) is 0.211. The molecule has 1 aliphatic heterocycles. The van der Waals surface area contributed by atoms with Crippen LogP contribution >= 0.6 is 11.8 Å². The van der Waals surface area contributed by atoms with Crippen molar-refractivity contribution in [3.05, 3.63) is 65.1 Å². The molecule has 0 saturated carbocycles. The van der Waals surface area contributed by atoms with Crippen molar-refractivity contribution < 1.29 is 9.90 Å². The number of amides is 1. The number of para-hydroxylation sites is 1. The summed E-state index contributed by atoms with van der Waals surface area (Å²) < 4.78 is 0. The molecule has 118 valence electrons. The highest BCUT2D eigenvalue weighted by atomic mass is 32.2. The maximum atomic E-state index is 12.9. The van der Waals surface area contributed by atoms with Crippen molar-refractivity contribution in [2.75, 3.05) is 11.4 Å². The van der Waals surface area contributed by atoms with Gasteiger partial charge in [-0.1, -0.05) is 67.6 Å². The highest BCUT2D eigenvalue weighted by molar-refractivity contribution is 8.04. The molecule has 1 N–H and O–H groups in total. The van der Waals surface area contributed by atoms with Crippen LogP contribution in [-0.4, -0.2) is 17.6 Å². The van der Waals surface area contributed by atoms with Gasteiger partial charge >= 0.3 is 0 Å². The first-order valence-electron chi connectivity index (χ1n) is 7.79. The largest absolute Gasteiger partial charge is 0.506 e. The molecule has 1 amide bonds. The molecule has 2 aromatic carbocycles. The van der Waals surface area contributed by atoms with E-state index in [9.17, 15) is 9.90 Å². The molecular weight excluding hydrogens is 306 g/mol. The van der Waals surface area contributed by atoms with E-state index in [4.69, 9.17) is 0 Å².